The van der Waals surface area contributed by atoms with E-state index in [-0.39, 0.29) is 5.03 Å². The largest absolute Gasteiger partial charge is 0.321 e. The van der Waals surface area contributed by atoms with Gasteiger partial charge in [-0.25, -0.2) is 13.4 Å². The Morgan fingerprint density at radius 3 is 2.75 bits per heavy atom. The molecule has 0 radical (unpaired) electrons. The summed E-state index contributed by atoms with van der Waals surface area (Å²) in [5, 5.41) is -0.0131. The molecule has 2 rings (SSSR count). The van der Waals surface area contributed by atoms with Gasteiger partial charge in [-0.15, -0.1) is 0 Å². The van der Waals surface area contributed by atoms with Crippen LogP contribution in [0.1, 0.15) is 32.1 Å². The molecular formula is C13H22N4O2S. The molecule has 1 heterocycles. The average molecular weight is 298 g/mol. The highest BCUT2D eigenvalue weighted by atomic mass is 32.2. The third-order valence-electron chi connectivity index (χ3n) is 3.82. The minimum atomic E-state index is -3.60. The summed E-state index contributed by atoms with van der Waals surface area (Å²) in [5.41, 5.74) is 2.71. The molecule has 1 fully saturated rings. The van der Waals surface area contributed by atoms with Gasteiger partial charge >= 0.3 is 0 Å². The van der Waals surface area contributed by atoms with Crippen molar-refractivity contribution in [1.82, 2.24) is 9.29 Å². The van der Waals surface area contributed by atoms with E-state index in [0.717, 1.165) is 12.8 Å². The van der Waals surface area contributed by atoms with Crippen molar-refractivity contribution in [3.8, 4) is 0 Å². The lowest BCUT2D eigenvalue weighted by Crippen LogP contribution is -2.33. The molecule has 0 unspecified atom stereocenters. The van der Waals surface area contributed by atoms with Crippen LogP contribution in [0.15, 0.2) is 23.4 Å². The van der Waals surface area contributed by atoms with Gasteiger partial charge in [-0.3, -0.25) is 5.84 Å². The number of sulfonamides is 1. The van der Waals surface area contributed by atoms with Crippen LogP contribution in [-0.2, 0) is 10.0 Å². The summed E-state index contributed by atoms with van der Waals surface area (Å²) in [6, 6.07) is 3.25. The van der Waals surface area contributed by atoms with Gasteiger partial charge < -0.3 is 5.43 Å². The molecule has 3 N–H and O–H groups in total. The maximum Gasteiger partial charge on any atom is 0.262 e. The second-order valence-electron chi connectivity index (χ2n) is 5.29. The van der Waals surface area contributed by atoms with Crippen LogP contribution in [0.4, 0.5) is 5.69 Å². The van der Waals surface area contributed by atoms with Crippen molar-refractivity contribution in [1.29, 1.82) is 0 Å². The number of nitrogens with two attached hydrogens (primary N) is 1. The Morgan fingerprint density at radius 1 is 1.40 bits per heavy atom. The number of pyridine rings is 1. The fourth-order valence-electron chi connectivity index (χ4n) is 2.69. The number of nitrogen functional groups attached to an aromatic ring is 1. The first-order chi connectivity index (χ1) is 9.55. The summed E-state index contributed by atoms with van der Waals surface area (Å²) >= 11 is 0. The van der Waals surface area contributed by atoms with Crippen molar-refractivity contribution in [3.63, 3.8) is 0 Å². The van der Waals surface area contributed by atoms with Crippen molar-refractivity contribution in [2.45, 2.75) is 37.1 Å². The van der Waals surface area contributed by atoms with Gasteiger partial charge in [0, 0.05) is 19.8 Å². The molecule has 0 bridgehead atoms. The maximum absolute atomic E-state index is 12.6. The Kier molecular flexibility index (Phi) is 4.95. The van der Waals surface area contributed by atoms with E-state index in [4.69, 9.17) is 5.84 Å². The van der Waals surface area contributed by atoms with Gasteiger partial charge in [0.05, 0.1) is 5.69 Å². The maximum atomic E-state index is 12.6. The quantitative estimate of drug-likeness (QED) is 0.636. The molecule has 0 atom stereocenters. The smallest absolute Gasteiger partial charge is 0.262 e. The Balaban J connectivity index is 2.16. The average Bonchev–Trinajstić information content (AvgIpc) is 2.48. The first-order valence-electron chi connectivity index (χ1n) is 6.93. The minimum absolute atomic E-state index is 0.0131. The van der Waals surface area contributed by atoms with E-state index >= 15 is 0 Å². The van der Waals surface area contributed by atoms with Crippen LogP contribution >= 0.6 is 0 Å². The number of hydrogen-bond donors (Lipinski definition) is 2. The molecule has 1 aliphatic rings. The van der Waals surface area contributed by atoms with Crippen LogP contribution in [0.5, 0.6) is 0 Å². The van der Waals surface area contributed by atoms with Crippen LogP contribution in [0.25, 0.3) is 0 Å². The summed E-state index contributed by atoms with van der Waals surface area (Å²) < 4.78 is 26.5. The zero-order chi connectivity index (χ0) is 14.6. The van der Waals surface area contributed by atoms with E-state index in [9.17, 15) is 8.42 Å². The fraction of sp³-hybridized carbons (Fsp3) is 0.615. The molecule has 1 aromatic heterocycles. The van der Waals surface area contributed by atoms with E-state index in [1.807, 2.05) is 0 Å². The lowest BCUT2D eigenvalue weighted by molar-refractivity contribution is 0.299. The summed E-state index contributed by atoms with van der Waals surface area (Å²) in [6.45, 7) is 0.545. The van der Waals surface area contributed by atoms with Crippen molar-refractivity contribution in [2.75, 3.05) is 19.0 Å². The van der Waals surface area contributed by atoms with E-state index in [1.165, 1.54) is 29.8 Å². The van der Waals surface area contributed by atoms with E-state index in [1.54, 1.807) is 19.2 Å². The number of hydrogen-bond acceptors (Lipinski definition) is 5. The highest BCUT2D eigenvalue weighted by molar-refractivity contribution is 7.89. The molecule has 7 heteroatoms. The van der Waals surface area contributed by atoms with Crippen molar-refractivity contribution in [3.05, 3.63) is 18.3 Å². The molecule has 112 valence electrons. The van der Waals surface area contributed by atoms with Crippen LogP contribution < -0.4 is 11.3 Å². The number of anilines is 1. The molecule has 1 saturated carbocycles. The normalized spacial score (nSPS) is 17.4. The third-order valence-corrected chi connectivity index (χ3v) is 5.61. The number of nitrogens with one attached hydrogen (secondary N) is 1. The number of rotatable bonds is 5. The number of hydrazine groups is 1. The zero-order valence-electron chi connectivity index (χ0n) is 11.7. The molecular weight excluding hydrogens is 276 g/mol. The predicted octanol–water partition coefficient (Wildman–Crippen LogP) is 1.57. The summed E-state index contributed by atoms with van der Waals surface area (Å²) in [4.78, 5) is 3.96. The molecule has 0 amide bonds. The SMILES string of the molecule is CN(CC1CCCCC1)S(=O)(=O)c1ncccc1NN. The lowest BCUT2D eigenvalue weighted by atomic mass is 9.89. The minimum Gasteiger partial charge on any atom is -0.321 e. The fourth-order valence-corrected chi connectivity index (χ4v) is 3.99. The summed E-state index contributed by atoms with van der Waals surface area (Å²) in [6.07, 6.45) is 7.31. The Morgan fingerprint density at radius 2 is 2.10 bits per heavy atom. The van der Waals surface area contributed by atoms with Gasteiger partial charge in [0.25, 0.3) is 10.0 Å². The van der Waals surface area contributed by atoms with Crippen LogP contribution in [0, 0.1) is 5.92 Å². The van der Waals surface area contributed by atoms with Crippen molar-refractivity contribution < 1.29 is 8.42 Å². The summed E-state index contributed by atoms with van der Waals surface area (Å²) in [7, 11) is -1.99. The molecule has 0 aliphatic heterocycles. The summed E-state index contributed by atoms with van der Waals surface area (Å²) in [5.74, 6) is 5.80. The van der Waals surface area contributed by atoms with E-state index in [2.05, 4.69) is 10.4 Å². The number of aromatic nitrogens is 1. The Labute approximate surface area is 120 Å². The highest BCUT2D eigenvalue weighted by Gasteiger charge is 2.27. The van der Waals surface area contributed by atoms with Gasteiger partial charge in [0.2, 0.25) is 0 Å². The monoisotopic (exact) mass is 298 g/mol. The highest BCUT2D eigenvalue weighted by Crippen LogP contribution is 2.27. The predicted molar refractivity (Wildman–Crippen MR) is 78.4 cm³/mol. The Hall–Kier alpha value is -1.18. The van der Waals surface area contributed by atoms with Gasteiger partial charge in [0.15, 0.2) is 5.03 Å². The first-order valence-corrected chi connectivity index (χ1v) is 8.37. The van der Waals surface area contributed by atoms with Crippen LogP contribution in [-0.4, -0.2) is 31.3 Å². The van der Waals surface area contributed by atoms with Gasteiger partial charge in [-0.05, 0) is 30.9 Å². The van der Waals surface area contributed by atoms with Gasteiger partial charge in [0.1, 0.15) is 0 Å². The molecule has 1 aliphatic carbocycles. The molecule has 1 aromatic rings. The van der Waals surface area contributed by atoms with Crippen LogP contribution in [0.3, 0.4) is 0 Å². The standard InChI is InChI=1S/C13H22N4O2S/c1-17(10-11-6-3-2-4-7-11)20(18,19)13-12(16-14)8-5-9-15-13/h5,8-9,11,16H,2-4,6-7,10,14H2,1H3. The van der Waals surface area contributed by atoms with Crippen LogP contribution in [0.2, 0.25) is 0 Å². The van der Waals surface area contributed by atoms with Gasteiger partial charge in [-0.2, -0.15) is 4.31 Å². The van der Waals surface area contributed by atoms with Crippen molar-refractivity contribution in [2.24, 2.45) is 11.8 Å². The Bertz CT molecular complexity index is 541. The lowest BCUT2D eigenvalue weighted by Gasteiger charge is -2.26. The van der Waals surface area contributed by atoms with E-state index in [0.29, 0.717) is 18.2 Å². The molecule has 6 nitrogen and oxygen atoms in total. The second kappa shape index (κ2) is 6.51. The molecule has 0 aromatic carbocycles. The van der Waals surface area contributed by atoms with Gasteiger partial charge in [-0.1, -0.05) is 19.3 Å². The first kappa shape index (κ1) is 15.2. The van der Waals surface area contributed by atoms with Crippen molar-refractivity contribution >= 4 is 15.7 Å². The zero-order valence-corrected chi connectivity index (χ0v) is 12.6. The topological polar surface area (TPSA) is 88.3 Å². The molecule has 20 heavy (non-hydrogen) atoms. The molecule has 0 saturated heterocycles. The van der Waals surface area contributed by atoms with E-state index < -0.39 is 10.0 Å². The third kappa shape index (κ3) is 3.28. The molecule has 0 spiro atoms. The second-order valence-corrected chi connectivity index (χ2v) is 7.25. The number of nitrogens with zero attached hydrogens (tertiary/aromatic N) is 2.